The Morgan fingerprint density at radius 2 is 2.00 bits per heavy atom. The second-order valence-corrected chi connectivity index (χ2v) is 5.04. The van der Waals surface area contributed by atoms with Crippen LogP contribution >= 0.6 is 0 Å². The van der Waals surface area contributed by atoms with Crippen LogP contribution in [0.15, 0.2) is 0 Å². The van der Waals surface area contributed by atoms with Crippen LogP contribution in [0.4, 0.5) is 0 Å². The average Bonchev–Trinajstić information content (AvgIpc) is 2.67. The number of ether oxygens (including phenoxy) is 1. The molecule has 0 aromatic rings. The first-order valence-electron chi connectivity index (χ1n) is 4.72. The van der Waals surface area contributed by atoms with Crippen molar-refractivity contribution in [1.29, 1.82) is 0 Å². The van der Waals surface area contributed by atoms with Crippen LogP contribution in [-0.2, 0) is 4.74 Å². The van der Waals surface area contributed by atoms with Gasteiger partial charge in [-0.2, -0.15) is 0 Å². The lowest BCUT2D eigenvalue weighted by molar-refractivity contribution is 0.157. The SMILES string of the molecule is CC(C)(C)CCCC1(CO)CO1. The topological polar surface area (TPSA) is 32.8 Å². The van der Waals surface area contributed by atoms with Crippen LogP contribution in [0.1, 0.15) is 40.0 Å². The van der Waals surface area contributed by atoms with Crippen molar-refractivity contribution in [3.05, 3.63) is 0 Å². The summed E-state index contributed by atoms with van der Waals surface area (Å²) in [5.41, 5.74) is 0.275. The molecular formula is C10H20O2. The van der Waals surface area contributed by atoms with Crippen LogP contribution in [0.25, 0.3) is 0 Å². The van der Waals surface area contributed by atoms with Crippen LogP contribution in [0, 0.1) is 5.41 Å². The molecule has 0 spiro atoms. The van der Waals surface area contributed by atoms with Gasteiger partial charge in [0.05, 0.1) is 13.2 Å². The van der Waals surface area contributed by atoms with Gasteiger partial charge in [-0.15, -0.1) is 0 Å². The molecule has 0 saturated carbocycles. The quantitative estimate of drug-likeness (QED) is 0.657. The number of epoxide rings is 1. The van der Waals surface area contributed by atoms with Crippen molar-refractivity contribution in [3.63, 3.8) is 0 Å². The molecule has 0 aromatic carbocycles. The molecule has 1 aliphatic heterocycles. The fourth-order valence-electron chi connectivity index (χ4n) is 1.36. The van der Waals surface area contributed by atoms with E-state index in [1.54, 1.807) is 0 Å². The maximum atomic E-state index is 8.96. The minimum Gasteiger partial charge on any atom is -0.393 e. The van der Waals surface area contributed by atoms with Gasteiger partial charge in [-0.1, -0.05) is 20.8 Å². The predicted octanol–water partition coefficient (Wildman–Crippen LogP) is 1.96. The smallest absolute Gasteiger partial charge is 0.115 e. The molecule has 1 aliphatic rings. The molecule has 1 heterocycles. The van der Waals surface area contributed by atoms with Gasteiger partial charge in [-0.25, -0.2) is 0 Å². The van der Waals surface area contributed by atoms with Crippen molar-refractivity contribution < 1.29 is 9.84 Å². The molecule has 1 fully saturated rings. The van der Waals surface area contributed by atoms with Crippen molar-refractivity contribution in [3.8, 4) is 0 Å². The van der Waals surface area contributed by atoms with Gasteiger partial charge in [0, 0.05) is 0 Å². The van der Waals surface area contributed by atoms with Crippen LogP contribution in [-0.4, -0.2) is 23.9 Å². The maximum absolute atomic E-state index is 8.96. The summed E-state index contributed by atoms with van der Waals surface area (Å²) < 4.78 is 5.21. The first-order valence-corrected chi connectivity index (χ1v) is 4.72. The number of rotatable bonds is 4. The Bertz CT molecular complexity index is 142. The minimum atomic E-state index is -0.134. The third-order valence-corrected chi connectivity index (χ3v) is 2.40. The summed E-state index contributed by atoms with van der Waals surface area (Å²) in [5, 5.41) is 8.96. The number of aliphatic hydroxyl groups excluding tert-OH is 1. The van der Waals surface area contributed by atoms with E-state index in [9.17, 15) is 0 Å². The molecule has 72 valence electrons. The molecule has 1 N–H and O–H groups in total. The van der Waals surface area contributed by atoms with Gasteiger partial charge < -0.3 is 9.84 Å². The van der Waals surface area contributed by atoms with Crippen LogP contribution in [0.3, 0.4) is 0 Å². The lowest BCUT2D eigenvalue weighted by atomic mass is 9.88. The molecular weight excluding hydrogens is 152 g/mol. The monoisotopic (exact) mass is 172 g/mol. The van der Waals surface area contributed by atoms with E-state index in [4.69, 9.17) is 9.84 Å². The van der Waals surface area contributed by atoms with Gasteiger partial charge in [-0.3, -0.25) is 0 Å². The van der Waals surface area contributed by atoms with Gasteiger partial charge >= 0.3 is 0 Å². The largest absolute Gasteiger partial charge is 0.393 e. The lowest BCUT2D eigenvalue weighted by Gasteiger charge is -2.18. The Labute approximate surface area is 74.9 Å². The Morgan fingerprint density at radius 3 is 2.33 bits per heavy atom. The van der Waals surface area contributed by atoms with E-state index < -0.39 is 0 Å². The summed E-state index contributed by atoms with van der Waals surface area (Å²) in [7, 11) is 0. The van der Waals surface area contributed by atoms with Crippen LogP contribution < -0.4 is 0 Å². The second-order valence-electron chi connectivity index (χ2n) is 5.04. The molecule has 1 atom stereocenters. The van der Waals surface area contributed by atoms with Gasteiger partial charge in [0.25, 0.3) is 0 Å². The summed E-state index contributed by atoms with van der Waals surface area (Å²) >= 11 is 0. The standard InChI is InChI=1S/C10H20O2/c1-9(2,3)5-4-6-10(7-11)8-12-10/h11H,4-8H2,1-3H3. The third-order valence-electron chi connectivity index (χ3n) is 2.40. The summed E-state index contributed by atoms with van der Waals surface area (Å²) in [6.45, 7) is 7.68. The first-order chi connectivity index (χ1) is 5.47. The lowest BCUT2D eigenvalue weighted by Crippen LogP contribution is -2.17. The summed E-state index contributed by atoms with van der Waals surface area (Å²) in [5.74, 6) is 0. The molecule has 0 radical (unpaired) electrons. The third kappa shape index (κ3) is 3.11. The molecule has 0 bridgehead atoms. The zero-order valence-electron chi connectivity index (χ0n) is 8.39. The minimum absolute atomic E-state index is 0.134. The zero-order chi connectivity index (χ0) is 9.24. The van der Waals surface area contributed by atoms with E-state index in [0.29, 0.717) is 5.41 Å². The average molecular weight is 172 g/mol. The van der Waals surface area contributed by atoms with E-state index in [-0.39, 0.29) is 12.2 Å². The van der Waals surface area contributed by atoms with Gasteiger partial charge in [0.1, 0.15) is 5.60 Å². The molecule has 0 aromatic heterocycles. The summed E-state index contributed by atoms with van der Waals surface area (Å²) in [4.78, 5) is 0. The Hall–Kier alpha value is -0.0800. The van der Waals surface area contributed by atoms with Crippen molar-refractivity contribution in [2.24, 2.45) is 5.41 Å². The normalized spacial score (nSPS) is 29.0. The van der Waals surface area contributed by atoms with E-state index >= 15 is 0 Å². The van der Waals surface area contributed by atoms with Gasteiger partial charge in [-0.05, 0) is 24.7 Å². The highest BCUT2D eigenvalue weighted by atomic mass is 16.6. The van der Waals surface area contributed by atoms with E-state index in [1.165, 1.54) is 6.42 Å². The maximum Gasteiger partial charge on any atom is 0.115 e. The van der Waals surface area contributed by atoms with Gasteiger partial charge in [0.15, 0.2) is 0 Å². The number of hydrogen-bond acceptors (Lipinski definition) is 2. The molecule has 12 heavy (non-hydrogen) atoms. The summed E-state index contributed by atoms with van der Waals surface area (Å²) in [6, 6.07) is 0. The van der Waals surface area contributed by atoms with Crippen LogP contribution in [0.2, 0.25) is 0 Å². The van der Waals surface area contributed by atoms with Crippen molar-refractivity contribution >= 4 is 0 Å². The molecule has 0 aliphatic carbocycles. The molecule has 1 saturated heterocycles. The zero-order valence-corrected chi connectivity index (χ0v) is 8.39. The van der Waals surface area contributed by atoms with Crippen LogP contribution in [0.5, 0.6) is 0 Å². The Morgan fingerprint density at radius 1 is 1.42 bits per heavy atom. The first kappa shape index (κ1) is 10.0. The van der Waals surface area contributed by atoms with E-state index in [2.05, 4.69) is 20.8 Å². The molecule has 2 heteroatoms. The Balaban J connectivity index is 2.10. The predicted molar refractivity (Wildman–Crippen MR) is 49.1 cm³/mol. The van der Waals surface area contributed by atoms with E-state index in [1.807, 2.05) is 0 Å². The fourth-order valence-corrected chi connectivity index (χ4v) is 1.36. The molecule has 1 unspecified atom stereocenters. The highest BCUT2D eigenvalue weighted by Crippen LogP contribution is 2.34. The molecule has 2 nitrogen and oxygen atoms in total. The highest BCUT2D eigenvalue weighted by Gasteiger charge is 2.43. The van der Waals surface area contributed by atoms with Crippen molar-refractivity contribution in [2.75, 3.05) is 13.2 Å². The van der Waals surface area contributed by atoms with E-state index in [0.717, 1.165) is 19.4 Å². The second kappa shape index (κ2) is 3.35. The van der Waals surface area contributed by atoms with Crippen molar-refractivity contribution in [2.45, 2.75) is 45.6 Å². The fraction of sp³-hybridized carbons (Fsp3) is 1.00. The molecule has 1 rings (SSSR count). The highest BCUT2D eigenvalue weighted by molar-refractivity contribution is 4.91. The van der Waals surface area contributed by atoms with Gasteiger partial charge in [0.2, 0.25) is 0 Å². The number of hydrogen-bond donors (Lipinski definition) is 1. The Kier molecular flexibility index (Phi) is 2.79. The van der Waals surface area contributed by atoms with Crippen molar-refractivity contribution in [1.82, 2.24) is 0 Å². The summed E-state index contributed by atoms with van der Waals surface area (Å²) in [6.07, 6.45) is 3.38. The number of aliphatic hydroxyl groups is 1. The molecule has 0 amide bonds.